The van der Waals surface area contributed by atoms with Crippen molar-refractivity contribution >= 4 is 21.6 Å². The van der Waals surface area contributed by atoms with Crippen molar-refractivity contribution in [3.8, 4) is 11.3 Å². The molecule has 1 aromatic heterocycles. The van der Waals surface area contributed by atoms with Crippen LogP contribution >= 0.6 is 15.9 Å². The number of hydrogen-bond donors (Lipinski definition) is 1. The quantitative estimate of drug-likeness (QED) is 0.860. The van der Waals surface area contributed by atoms with Crippen LogP contribution in [0.1, 0.15) is 18.4 Å². The van der Waals surface area contributed by atoms with Crippen LogP contribution in [0, 0.1) is 12.8 Å². The highest BCUT2D eigenvalue weighted by Crippen LogP contribution is 2.32. The lowest BCUT2D eigenvalue weighted by Gasteiger charge is -2.23. The summed E-state index contributed by atoms with van der Waals surface area (Å²) >= 11 is 3.59. The van der Waals surface area contributed by atoms with Gasteiger partial charge in [0.2, 0.25) is 0 Å². The van der Waals surface area contributed by atoms with Crippen molar-refractivity contribution in [1.82, 2.24) is 9.78 Å². The highest BCUT2D eigenvalue weighted by molar-refractivity contribution is 9.10. The molecule has 1 aromatic carbocycles. The highest BCUT2D eigenvalue weighted by Gasteiger charge is 2.17. The number of nitrogens with two attached hydrogens (primary N) is 1. The van der Waals surface area contributed by atoms with E-state index in [1.54, 1.807) is 0 Å². The van der Waals surface area contributed by atoms with Gasteiger partial charge in [-0.2, -0.15) is 5.10 Å². The molecule has 1 saturated heterocycles. The standard InChI is InChI=1S/C16H20BrN3O/c1-11-8-15(18)13(9-14(11)17)16-2-5-19-20(16)10-12-3-6-21-7-4-12/h2,5,8-9,12H,3-4,6-7,10,18H2,1H3. The van der Waals surface area contributed by atoms with Gasteiger partial charge in [0.1, 0.15) is 0 Å². The van der Waals surface area contributed by atoms with Crippen molar-refractivity contribution in [2.75, 3.05) is 18.9 Å². The first-order valence-electron chi connectivity index (χ1n) is 7.30. The van der Waals surface area contributed by atoms with Gasteiger partial charge in [-0.25, -0.2) is 0 Å². The Balaban J connectivity index is 1.89. The van der Waals surface area contributed by atoms with Gasteiger partial charge in [-0.15, -0.1) is 0 Å². The average molecular weight is 350 g/mol. The molecule has 2 N–H and O–H groups in total. The number of halogens is 1. The van der Waals surface area contributed by atoms with E-state index in [4.69, 9.17) is 10.5 Å². The molecule has 5 heteroatoms. The molecule has 21 heavy (non-hydrogen) atoms. The van der Waals surface area contributed by atoms with Crippen molar-refractivity contribution in [2.24, 2.45) is 5.92 Å². The summed E-state index contributed by atoms with van der Waals surface area (Å²) in [5.41, 5.74) is 10.3. The van der Waals surface area contributed by atoms with E-state index in [-0.39, 0.29) is 0 Å². The Morgan fingerprint density at radius 3 is 2.90 bits per heavy atom. The number of aromatic nitrogens is 2. The molecular formula is C16H20BrN3O. The number of hydrogen-bond acceptors (Lipinski definition) is 3. The van der Waals surface area contributed by atoms with Gasteiger partial charge in [0.15, 0.2) is 0 Å². The van der Waals surface area contributed by atoms with E-state index >= 15 is 0 Å². The second-order valence-corrected chi connectivity index (χ2v) is 6.50. The van der Waals surface area contributed by atoms with Crippen molar-refractivity contribution in [3.63, 3.8) is 0 Å². The second kappa shape index (κ2) is 6.20. The van der Waals surface area contributed by atoms with Crippen LogP contribution in [0.25, 0.3) is 11.3 Å². The normalized spacial score (nSPS) is 16.3. The number of rotatable bonds is 3. The van der Waals surface area contributed by atoms with Crippen LogP contribution in [0.5, 0.6) is 0 Å². The SMILES string of the molecule is Cc1cc(N)c(-c2ccnn2CC2CCOCC2)cc1Br. The maximum atomic E-state index is 6.20. The summed E-state index contributed by atoms with van der Waals surface area (Å²) in [6.45, 7) is 4.69. The predicted molar refractivity (Wildman–Crippen MR) is 88.1 cm³/mol. The topological polar surface area (TPSA) is 53.1 Å². The summed E-state index contributed by atoms with van der Waals surface area (Å²) in [6.07, 6.45) is 4.06. The zero-order valence-electron chi connectivity index (χ0n) is 12.2. The van der Waals surface area contributed by atoms with Gasteiger partial charge in [0.25, 0.3) is 0 Å². The number of benzene rings is 1. The molecule has 0 amide bonds. The lowest BCUT2D eigenvalue weighted by atomic mass is 10.00. The zero-order valence-corrected chi connectivity index (χ0v) is 13.8. The molecule has 0 aliphatic carbocycles. The van der Waals surface area contributed by atoms with E-state index in [1.165, 1.54) is 0 Å². The second-order valence-electron chi connectivity index (χ2n) is 5.64. The first-order chi connectivity index (χ1) is 10.1. The van der Waals surface area contributed by atoms with Crippen molar-refractivity contribution < 1.29 is 4.74 Å². The van der Waals surface area contributed by atoms with E-state index in [9.17, 15) is 0 Å². The molecule has 1 aliphatic heterocycles. The monoisotopic (exact) mass is 349 g/mol. The summed E-state index contributed by atoms with van der Waals surface area (Å²) in [7, 11) is 0. The smallest absolute Gasteiger partial charge is 0.0703 e. The molecule has 112 valence electrons. The molecule has 2 heterocycles. The fourth-order valence-corrected chi connectivity index (χ4v) is 3.15. The molecule has 3 rings (SSSR count). The van der Waals surface area contributed by atoms with Crippen LogP contribution in [-0.4, -0.2) is 23.0 Å². The van der Waals surface area contributed by atoms with Crippen LogP contribution in [0.15, 0.2) is 28.9 Å². The lowest BCUT2D eigenvalue weighted by molar-refractivity contribution is 0.0603. The first kappa shape index (κ1) is 14.6. The number of ether oxygens (including phenoxy) is 1. The highest BCUT2D eigenvalue weighted by atomic mass is 79.9. The van der Waals surface area contributed by atoms with E-state index in [0.29, 0.717) is 5.92 Å². The minimum absolute atomic E-state index is 0.632. The van der Waals surface area contributed by atoms with Crippen LogP contribution in [0.3, 0.4) is 0 Å². The third kappa shape index (κ3) is 3.14. The van der Waals surface area contributed by atoms with Crippen LogP contribution in [0.2, 0.25) is 0 Å². The molecule has 2 aromatic rings. The van der Waals surface area contributed by atoms with Crippen molar-refractivity contribution in [2.45, 2.75) is 26.3 Å². The summed E-state index contributed by atoms with van der Waals surface area (Å²) in [6, 6.07) is 6.13. The number of aryl methyl sites for hydroxylation is 1. The molecule has 0 spiro atoms. The van der Waals surface area contributed by atoms with Crippen molar-refractivity contribution in [3.05, 3.63) is 34.4 Å². The first-order valence-corrected chi connectivity index (χ1v) is 8.10. The van der Waals surface area contributed by atoms with Gasteiger partial charge in [-0.3, -0.25) is 4.68 Å². The molecule has 0 atom stereocenters. The molecule has 0 radical (unpaired) electrons. The molecule has 4 nitrogen and oxygen atoms in total. The van der Waals surface area contributed by atoms with E-state index in [0.717, 1.165) is 59.6 Å². The molecule has 1 aliphatic rings. The minimum atomic E-state index is 0.632. The maximum absolute atomic E-state index is 6.20. The molecule has 0 saturated carbocycles. The molecule has 1 fully saturated rings. The third-order valence-electron chi connectivity index (χ3n) is 4.10. The van der Waals surface area contributed by atoms with Gasteiger partial charge < -0.3 is 10.5 Å². The fourth-order valence-electron chi connectivity index (χ4n) is 2.81. The van der Waals surface area contributed by atoms with E-state index in [2.05, 4.69) is 31.8 Å². The van der Waals surface area contributed by atoms with E-state index in [1.807, 2.05) is 25.3 Å². The fraction of sp³-hybridized carbons (Fsp3) is 0.438. The number of anilines is 1. The summed E-state index contributed by atoms with van der Waals surface area (Å²) in [5.74, 6) is 0.632. The molecular weight excluding hydrogens is 330 g/mol. The summed E-state index contributed by atoms with van der Waals surface area (Å²) < 4.78 is 8.57. The predicted octanol–water partition coefficient (Wildman–Crippen LogP) is 3.63. The Morgan fingerprint density at radius 1 is 1.38 bits per heavy atom. The number of nitrogen functional groups attached to an aromatic ring is 1. The average Bonchev–Trinajstić information content (AvgIpc) is 2.92. The Morgan fingerprint density at radius 2 is 2.14 bits per heavy atom. The molecule has 0 unspecified atom stereocenters. The maximum Gasteiger partial charge on any atom is 0.0703 e. The summed E-state index contributed by atoms with van der Waals surface area (Å²) in [5, 5.41) is 4.48. The zero-order chi connectivity index (χ0) is 14.8. The lowest BCUT2D eigenvalue weighted by Crippen LogP contribution is -2.21. The molecule has 0 bridgehead atoms. The van der Waals surface area contributed by atoms with E-state index < -0.39 is 0 Å². The van der Waals surface area contributed by atoms with Crippen molar-refractivity contribution in [1.29, 1.82) is 0 Å². The Labute approximate surface area is 133 Å². The number of nitrogens with zero attached hydrogens (tertiary/aromatic N) is 2. The Bertz CT molecular complexity index is 632. The largest absolute Gasteiger partial charge is 0.398 e. The van der Waals surface area contributed by atoms with Gasteiger partial charge in [-0.1, -0.05) is 15.9 Å². The van der Waals surface area contributed by atoms with Gasteiger partial charge in [0.05, 0.1) is 5.69 Å². The Kier molecular flexibility index (Phi) is 4.31. The summed E-state index contributed by atoms with van der Waals surface area (Å²) in [4.78, 5) is 0. The van der Waals surface area contributed by atoms with Gasteiger partial charge >= 0.3 is 0 Å². The van der Waals surface area contributed by atoms with Crippen LogP contribution < -0.4 is 5.73 Å². The third-order valence-corrected chi connectivity index (χ3v) is 4.95. The van der Waals surface area contributed by atoms with Crippen LogP contribution in [-0.2, 0) is 11.3 Å². The minimum Gasteiger partial charge on any atom is -0.398 e. The Hall–Kier alpha value is -1.33. The van der Waals surface area contributed by atoms with Gasteiger partial charge in [0, 0.05) is 41.7 Å². The van der Waals surface area contributed by atoms with Crippen LogP contribution in [0.4, 0.5) is 5.69 Å². The van der Waals surface area contributed by atoms with Gasteiger partial charge in [-0.05, 0) is 49.4 Å².